The van der Waals surface area contributed by atoms with Crippen molar-refractivity contribution in [3.8, 4) is 0 Å². The van der Waals surface area contributed by atoms with Gasteiger partial charge in [0, 0.05) is 17.7 Å². The van der Waals surface area contributed by atoms with Crippen molar-refractivity contribution in [2.75, 3.05) is 5.73 Å². The molecule has 0 radical (unpaired) electrons. The Hall–Kier alpha value is -2.70. The van der Waals surface area contributed by atoms with Crippen LogP contribution in [0, 0.1) is 6.92 Å². The molecule has 1 unspecified atom stereocenters. The van der Waals surface area contributed by atoms with E-state index < -0.39 is 11.9 Å². The first kappa shape index (κ1) is 20.3. The quantitative estimate of drug-likeness (QED) is 0.435. The molecule has 23 heavy (non-hydrogen) atoms. The highest BCUT2D eigenvalue weighted by atomic mass is 16.2. The molecule has 0 aliphatic carbocycles. The summed E-state index contributed by atoms with van der Waals surface area (Å²) in [6.45, 7) is 5.83. The summed E-state index contributed by atoms with van der Waals surface area (Å²) in [4.78, 5) is 41.7. The number of hydrogen-bond donors (Lipinski definition) is 3. The Balaban J connectivity index is 0.000000381. The van der Waals surface area contributed by atoms with Gasteiger partial charge in [0.1, 0.15) is 12.3 Å². The van der Waals surface area contributed by atoms with Gasteiger partial charge in [-0.05, 0) is 25.0 Å². The molecule has 0 spiro atoms. The fraction of sp³-hybridized carbons (Fsp3) is 0.375. The molecule has 4 N–H and O–H groups in total. The van der Waals surface area contributed by atoms with Crippen molar-refractivity contribution in [3.63, 3.8) is 0 Å². The minimum atomic E-state index is -0.537. The summed E-state index contributed by atoms with van der Waals surface area (Å²) in [6.07, 6.45) is 1.95. The molecule has 1 aromatic rings. The van der Waals surface area contributed by atoms with Crippen molar-refractivity contribution in [1.82, 2.24) is 10.6 Å². The lowest BCUT2D eigenvalue weighted by Gasteiger charge is -2.19. The fourth-order valence-corrected chi connectivity index (χ4v) is 1.73. The maximum atomic E-state index is 10.8. The van der Waals surface area contributed by atoms with Crippen LogP contribution in [-0.4, -0.2) is 30.6 Å². The third-order valence-electron chi connectivity index (χ3n) is 3.05. The molecule has 0 aromatic heterocycles. The second-order valence-electron chi connectivity index (χ2n) is 4.47. The Morgan fingerprint density at radius 1 is 1.26 bits per heavy atom. The Morgan fingerprint density at radius 2 is 1.91 bits per heavy atom. The van der Waals surface area contributed by atoms with E-state index in [0.717, 1.165) is 11.8 Å². The van der Waals surface area contributed by atoms with Crippen LogP contribution in [0.2, 0.25) is 0 Å². The normalized spacial score (nSPS) is 15.9. The van der Waals surface area contributed by atoms with E-state index in [9.17, 15) is 19.2 Å². The molecule has 1 aromatic carbocycles. The maximum absolute atomic E-state index is 10.8. The monoisotopic (exact) mass is 321 g/mol. The number of piperidine rings is 1. The van der Waals surface area contributed by atoms with Gasteiger partial charge in [-0.2, -0.15) is 0 Å². The molecule has 7 nitrogen and oxygen atoms in total. The van der Waals surface area contributed by atoms with Crippen LogP contribution in [0.15, 0.2) is 18.2 Å². The Morgan fingerprint density at radius 3 is 2.39 bits per heavy atom. The molecule has 1 saturated heterocycles. The van der Waals surface area contributed by atoms with Gasteiger partial charge < -0.3 is 11.1 Å². The number of amides is 3. The van der Waals surface area contributed by atoms with Crippen LogP contribution in [0.1, 0.15) is 42.6 Å². The number of nitrogen functional groups attached to an aromatic ring is 1. The zero-order valence-corrected chi connectivity index (χ0v) is 13.6. The molecule has 1 aliphatic heterocycles. The average Bonchev–Trinajstić information content (AvgIpc) is 2.55. The summed E-state index contributed by atoms with van der Waals surface area (Å²) < 4.78 is 0. The minimum Gasteiger partial charge on any atom is -0.398 e. The highest BCUT2D eigenvalue weighted by molar-refractivity contribution is 6.00. The van der Waals surface area contributed by atoms with Gasteiger partial charge in [0.25, 0.3) is 0 Å². The second kappa shape index (κ2) is 10.9. The number of nitrogens with two attached hydrogens (primary N) is 1. The smallest absolute Gasteiger partial charge is 0.249 e. The Bertz CT molecular complexity index is 558. The summed E-state index contributed by atoms with van der Waals surface area (Å²) in [6, 6.07) is 4.76. The number of imide groups is 1. The number of benzene rings is 1. The number of anilines is 1. The second-order valence-corrected chi connectivity index (χ2v) is 4.47. The van der Waals surface area contributed by atoms with Gasteiger partial charge in [0.2, 0.25) is 18.2 Å². The van der Waals surface area contributed by atoms with Crippen LogP contribution in [-0.2, 0) is 14.4 Å². The summed E-state index contributed by atoms with van der Waals surface area (Å²) in [7, 11) is 0. The first-order chi connectivity index (χ1) is 11.0. The first-order valence-corrected chi connectivity index (χ1v) is 7.33. The zero-order valence-electron chi connectivity index (χ0n) is 13.6. The molecule has 7 heteroatoms. The average molecular weight is 321 g/mol. The van der Waals surface area contributed by atoms with Crippen LogP contribution in [0.4, 0.5) is 5.69 Å². The summed E-state index contributed by atoms with van der Waals surface area (Å²) in [5, 5.41) is 4.42. The van der Waals surface area contributed by atoms with E-state index in [1.807, 2.05) is 20.8 Å². The van der Waals surface area contributed by atoms with Gasteiger partial charge in [-0.3, -0.25) is 24.5 Å². The van der Waals surface area contributed by atoms with Crippen LogP contribution in [0.5, 0.6) is 0 Å². The number of rotatable bonds is 3. The molecule has 0 saturated carbocycles. The van der Waals surface area contributed by atoms with Gasteiger partial charge in [0.05, 0.1) is 0 Å². The Kier molecular flexibility index (Phi) is 9.66. The zero-order chi connectivity index (χ0) is 17.8. The molecular formula is C16H23N3O4. The predicted octanol–water partition coefficient (Wildman–Crippen LogP) is 0.954. The van der Waals surface area contributed by atoms with Gasteiger partial charge in [0.15, 0.2) is 0 Å². The van der Waals surface area contributed by atoms with Crippen molar-refractivity contribution in [1.29, 1.82) is 0 Å². The van der Waals surface area contributed by atoms with Crippen LogP contribution >= 0.6 is 0 Å². The van der Waals surface area contributed by atoms with E-state index in [1.54, 1.807) is 18.2 Å². The summed E-state index contributed by atoms with van der Waals surface area (Å²) >= 11 is 0. The van der Waals surface area contributed by atoms with E-state index in [-0.39, 0.29) is 12.3 Å². The van der Waals surface area contributed by atoms with Crippen LogP contribution < -0.4 is 16.4 Å². The van der Waals surface area contributed by atoms with E-state index in [2.05, 4.69) is 10.6 Å². The lowest BCUT2D eigenvalue weighted by atomic mass is 10.1. The first-order valence-electron chi connectivity index (χ1n) is 7.33. The molecule has 126 valence electrons. The number of carbonyl (C=O) groups is 4. The molecule has 3 amide bonds. The lowest BCUT2D eigenvalue weighted by molar-refractivity contribution is -0.135. The molecule has 1 aliphatic rings. The predicted molar refractivity (Wildman–Crippen MR) is 87.7 cm³/mol. The van der Waals surface area contributed by atoms with Crippen molar-refractivity contribution in [3.05, 3.63) is 29.3 Å². The fourth-order valence-electron chi connectivity index (χ4n) is 1.73. The molecule has 1 heterocycles. The van der Waals surface area contributed by atoms with E-state index in [4.69, 9.17) is 5.73 Å². The van der Waals surface area contributed by atoms with E-state index in [1.165, 1.54) is 0 Å². The van der Waals surface area contributed by atoms with Crippen LogP contribution in [0.3, 0.4) is 0 Å². The van der Waals surface area contributed by atoms with Crippen LogP contribution in [0.25, 0.3) is 0 Å². The van der Waals surface area contributed by atoms with E-state index in [0.29, 0.717) is 24.1 Å². The Labute approximate surface area is 135 Å². The third-order valence-corrected chi connectivity index (χ3v) is 3.05. The van der Waals surface area contributed by atoms with Gasteiger partial charge in [-0.15, -0.1) is 0 Å². The summed E-state index contributed by atoms with van der Waals surface area (Å²) in [5.41, 5.74) is 7.73. The lowest BCUT2D eigenvalue weighted by Crippen LogP contribution is -2.50. The highest BCUT2D eigenvalue weighted by Crippen LogP contribution is 2.12. The maximum Gasteiger partial charge on any atom is 0.249 e. The van der Waals surface area contributed by atoms with Crippen molar-refractivity contribution < 1.29 is 19.2 Å². The molecule has 1 fully saturated rings. The van der Waals surface area contributed by atoms with Crippen molar-refractivity contribution >= 4 is 30.2 Å². The number of carbonyl (C=O) groups excluding carboxylic acids is 4. The number of nitrogens with one attached hydrogen (secondary N) is 2. The largest absolute Gasteiger partial charge is 0.398 e. The topological polar surface area (TPSA) is 118 Å². The number of hydrogen-bond acceptors (Lipinski definition) is 5. The standard InChI is InChI=1S/C8H9NO.C6H8N2O3.C2H6/c1-6-7(5-10)3-2-4-8(6)9;9-3-7-4-1-2-5(10)8-6(4)11;1-2/h2-5H,9H2,1H3;3-4H,1-2H2,(H,7,9)(H,8,10,11);1-2H3. The van der Waals surface area contributed by atoms with Gasteiger partial charge in [-0.25, -0.2) is 0 Å². The SMILES string of the molecule is CC.Cc1c(N)cccc1C=O.O=CNC1CCC(=O)NC1=O. The van der Waals surface area contributed by atoms with Gasteiger partial charge >= 0.3 is 0 Å². The van der Waals surface area contributed by atoms with Crippen molar-refractivity contribution in [2.24, 2.45) is 0 Å². The van der Waals surface area contributed by atoms with E-state index >= 15 is 0 Å². The minimum absolute atomic E-state index is 0.279. The highest BCUT2D eigenvalue weighted by Gasteiger charge is 2.25. The molecule has 0 bridgehead atoms. The van der Waals surface area contributed by atoms with Gasteiger partial charge in [-0.1, -0.05) is 26.0 Å². The van der Waals surface area contributed by atoms with Crippen molar-refractivity contribution in [2.45, 2.75) is 39.7 Å². The molecular weight excluding hydrogens is 298 g/mol. The molecule has 1 atom stereocenters. The number of aldehydes is 1. The third kappa shape index (κ3) is 6.73. The molecule has 2 rings (SSSR count). The summed E-state index contributed by atoms with van der Waals surface area (Å²) in [5.74, 6) is -0.702.